The van der Waals surface area contributed by atoms with E-state index in [1.54, 1.807) is 12.1 Å². The van der Waals surface area contributed by atoms with Crippen molar-refractivity contribution in [2.24, 2.45) is 0 Å². The minimum absolute atomic E-state index is 0.210. The van der Waals surface area contributed by atoms with E-state index in [9.17, 15) is 16.8 Å². The van der Waals surface area contributed by atoms with Gasteiger partial charge >= 0.3 is 0 Å². The Hall–Kier alpha value is -1.34. The molecule has 1 atom stereocenters. The molecule has 0 fully saturated rings. The molecule has 0 saturated heterocycles. The summed E-state index contributed by atoms with van der Waals surface area (Å²) in [7, 11) is -6.88. The number of hydrogen-bond acceptors (Lipinski definition) is 4. The van der Waals surface area contributed by atoms with Gasteiger partial charge in [0.25, 0.3) is 0 Å². The van der Waals surface area contributed by atoms with Crippen LogP contribution in [-0.4, -0.2) is 34.9 Å². The SMILES string of the molecule is CCc1ccccc1N(C1C=CS(=O)(=O)C1)S(C)(=O)=O. The molecular formula is C13H17NO4S2. The molecule has 0 amide bonds. The van der Waals surface area contributed by atoms with Gasteiger partial charge in [0.1, 0.15) is 0 Å². The van der Waals surface area contributed by atoms with Crippen LogP contribution in [0.5, 0.6) is 0 Å². The quantitative estimate of drug-likeness (QED) is 0.840. The lowest BCUT2D eigenvalue weighted by Gasteiger charge is -2.29. The molecule has 7 heteroatoms. The fraction of sp³-hybridized carbons (Fsp3) is 0.385. The zero-order chi connectivity index (χ0) is 15.0. The number of para-hydroxylation sites is 1. The van der Waals surface area contributed by atoms with E-state index >= 15 is 0 Å². The van der Waals surface area contributed by atoms with Gasteiger partial charge in [0.2, 0.25) is 10.0 Å². The van der Waals surface area contributed by atoms with Crippen molar-refractivity contribution < 1.29 is 16.8 Å². The largest absolute Gasteiger partial charge is 0.262 e. The Labute approximate surface area is 119 Å². The monoisotopic (exact) mass is 315 g/mol. The van der Waals surface area contributed by atoms with Crippen molar-refractivity contribution in [3.63, 3.8) is 0 Å². The zero-order valence-electron chi connectivity index (χ0n) is 11.4. The highest BCUT2D eigenvalue weighted by atomic mass is 32.2. The topological polar surface area (TPSA) is 71.5 Å². The van der Waals surface area contributed by atoms with E-state index in [0.29, 0.717) is 12.1 Å². The predicted octanol–water partition coefficient (Wildman–Crippen LogP) is 1.33. The molecule has 1 aliphatic heterocycles. The first kappa shape index (κ1) is 15.1. The average Bonchev–Trinajstić information content (AvgIpc) is 2.68. The van der Waals surface area contributed by atoms with Crippen LogP contribution in [0.2, 0.25) is 0 Å². The summed E-state index contributed by atoms with van der Waals surface area (Å²) in [5, 5.41) is 1.09. The summed E-state index contributed by atoms with van der Waals surface area (Å²) in [5.41, 5.74) is 1.42. The lowest BCUT2D eigenvalue weighted by molar-refractivity contribution is 0.591. The standard InChI is InChI=1S/C13H17NO4S2/c1-3-11-6-4-5-7-13(11)14(19(2,15)16)12-8-9-20(17,18)10-12/h4-9,12H,3,10H2,1-2H3. The van der Waals surface area contributed by atoms with Crippen molar-refractivity contribution in [2.45, 2.75) is 19.4 Å². The van der Waals surface area contributed by atoms with E-state index in [-0.39, 0.29) is 5.75 Å². The smallest absolute Gasteiger partial charge is 0.232 e. The summed E-state index contributed by atoms with van der Waals surface area (Å²) in [6.07, 6.45) is 3.20. The van der Waals surface area contributed by atoms with E-state index in [4.69, 9.17) is 0 Å². The van der Waals surface area contributed by atoms with Gasteiger partial charge in [-0.2, -0.15) is 0 Å². The Balaban J connectivity index is 2.53. The molecular weight excluding hydrogens is 298 g/mol. The molecule has 0 N–H and O–H groups in total. The van der Waals surface area contributed by atoms with Gasteiger partial charge in [-0.15, -0.1) is 0 Å². The minimum atomic E-state index is -3.57. The molecule has 0 radical (unpaired) electrons. The molecule has 110 valence electrons. The van der Waals surface area contributed by atoms with Crippen LogP contribution in [0.1, 0.15) is 12.5 Å². The van der Waals surface area contributed by atoms with E-state index < -0.39 is 25.9 Å². The summed E-state index contributed by atoms with van der Waals surface area (Å²) in [6.45, 7) is 1.93. The fourth-order valence-corrected chi connectivity index (χ4v) is 4.87. The molecule has 1 aromatic carbocycles. The summed E-state index contributed by atoms with van der Waals surface area (Å²) in [5.74, 6) is -0.210. The number of sulfone groups is 1. The first-order valence-corrected chi connectivity index (χ1v) is 9.79. The second-order valence-corrected chi connectivity index (χ2v) is 8.56. The molecule has 2 rings (SSSR count). The van der Waals surface area contributed by atoms with Crippen LogP contribution in [0, 0.1) is 0 Å². The van der Waals surface area contributed by atoms with E-state index in [1.807, 2.05) is 19.1 Å². The van der Waals surface area contributed by atoms with Gasteiger partial charge in [0.05, 0.1) is 23.7 Å². The van der Waals surface area contributed by atoms with Crippen LogP contribution in [0.15, 0.2) is 35.7 Å². The summed E-state index contributed by atoms with van der Waals surface area (Å²) in [6, 6.07) is 6.46. The first-order chi connectivity index (χ1) is 9.24. The third kappa shape index (κ3) is 3.04. The van der Waals surface area contributed by atoms with Gasteiger partial charge < -0.3 is 0 Å². The maximum Gasteiger partial charge on any atom is 0.232 e. The third-order valence-electron chi connectivity index (χ3n) is 3.18. The first-order valence-electron chi connectivity index (χ1n) is 6.23. The molecule has 0 bridgehead atoms. The van der Waals surface area contributed by atoms with Crippen LogP contribution in [0.4, 0.5) is 5.69 Å². The number of nitrogens with zero attached hydrogens (tertiary/aromatic N) is 1. The molecule has 0 aromatic heterocycles. The highest BCUT2D eigenvalue weighted by Crippen LogP contribution is 2.28. The van der Waals surface area contributed by atoms with Crippen LogP contribution in [0.3, 0.4) is 0 Å². The molecule has 5 nitrogen and oxygen atoms in total. The molecule has 0 spiro atoms. The molecule has 1 heterocycles. The van der Waals surface area contributed by atoms with Crippen molar-refractivity contribution in [2.75, 3.05) is 16.3 Å². The van der Waals surface area contributed by atoms with Crippen molar-refractivity contribution in [1.82, 2.24) is 0 Å². The number of hydrogen-bond donors (Lipinski definition) is 0. The minimum Gasteiger partial charge on any atom is -0.262 e. The molecule has 1 unspecified atom stereocenters. The number of benzene rings is 1. The van der Waals surface area contributed by atoms with Gasteiger partial charge in [-0.1, -0.05) is 25.1 Å². The summed E-state index contributed by atoms with van der Waals surface area (Å²) in [4.78, 5) is 0. The van der Waals surface area contributed by atoms with Gasteiger partial charge in [0, 0.05) is 5.41 Å². The predicted molar refractivity (Wildman–Crippen MR) is 79.9 cm³/mol. The Morgan fingerprint density at radius 3 is 2.45 bits per heavy atom. The highest BCUT2D eigenvalue weighted by molar-refractivity contribution is 7.95. The number of aryl methyl sites for hydroxylation is 1. The number of sulfonamides is 1. The molecule has 20 heavy (non-hydrogen) atoms. The molecule has 1 aromatic rings. The Kier molecular flexibility index (Phi) is 3.93. The number of rotatable bonds is 4. The van der Waals surface area contributed by atoms with Crippen LogP contribution in [0.25, 0.3) is 0 Å². The van der Waals surface area contributed by atoms with Gasteiger partial charge in [-0.25, -0.2) is 16.8 Å². The molecule has 1 aliphatic rings. The van der Waals surface area contributed by atoms with Crippen molar-refractivity contribution in [3.8, 4) is 0 Å². The van der Waals surface area contributed by atoms with Crippen LogP contribution >= 0.6 is 0 Å². The molecule has 0 aliphatic carbocycles. The van der Waals surface area contributed by atoms with Crippen LogP contribution in [-0.2, 0) is 26.3 Å². The highest BCUT2D eigenvalue weighted by Gasteiger charge is 2.33. The number of anilines is 1. The van der Waals surface area contributed by atoms with E-state index in [1.165, 1.54) is 10.4 Å². The van der Waals surface area contributed by atoms with Gasteiger partial charge in [-0.3, -0.25) is 4.31 Å². The summed E-state index contributed by atoms with van der Waals surface area (Å²) >= 11 is 0. The Bertz CT molecular complexity index is 735. The third-order valence-corrected chi connectivity index (χ3v) is 5.74. The van der Waals surface area contributed by atoms with E-state index in [2.05, 4.69) is 0 Å². The Morgan fingerprint density at radius 1 is 1.30 bits per heavy atom. The van der Waals surface area contributed by atoms with Crippen molar-refractivity contribution in [1.29, 1.82) is 0 Å². The maximum absolute atomic E-state index is 12.1. The fourth-order valence-electron chi connectivity index (χ4n) is 2.33. The summed E-state index contributed by atoms with van der Waals surface area (Å²) < 4.78 is 48.5. The molecule has 0 saturated carbocycles. The second-order valence-electron chi connectivity index (χ2n) is 4.77. The van der Waals surface area contributed by atoms with Crippen LogP contribution < -0.4 is 4.31 Å². The zero-order valence-corrected chi connectivity index (χ0v) is 13.0. The van der Waals surface area contributed by atoms with Crippen molar-refractivity contribution >= 4 is 25.5 Å². The lowest BCUT2D eigenvalue weighted by Crippen LogP contribution is -2.41. The normalized spacial score (nSPS) is 21.0. The van der Waals surface area contributed by atoms with E-state index in [0.717, 1.165) is 17.2 Å². The van der Waals surface area contributed by atoms with Gasteiger partial charge in [-0.05, 0) is 24.1 Å². The second kappa shape index (κ2) is 5.21. The van der Waals surface area contributed by atoms with Crippen molar-refractivity contribution in [3.05, 3.63) is 41.3 Å². The Morgan fingerprint density at radius 2 is 1.95 bits per heavy atom. The average molecular weight is 315 g/mol. The maximum atomic E-state index is 12.1. The van der Waals surface area contributed by atoms with Gasteiger partial charge in [0.15, 0.2) is 9.84 Å². The lowest BCUT2D eigenvalue weighted by atomic mass is 10.1.